The molecule has 9 N–H and O–H groups in total. The number of rotatable bonds is 5. The number of Topliss-reactive ketones (excluding diaryl/α,β-unsaturated/α-hetero) is 1. The van der Waals surface area contributed by atoms with Crippen molar-refractivity contribution in [3.05, 3.63) is 34.4 Å². The third-order valence-corrected chi connectivity index (χ3v) is 15.0. The second kappa shape index (κ2) is 14.3. The number of fused-ring (bicyclic) bond motifs is 7. The number of ketones is 1. The van der Waals surface area contributed by atoms with Gasteiger partial charge in [-0.2, -0.15) is 0 Å². The van der Waals surface area contributed by atoms with Crippen LogP contribution in [-0.2, 0) is 23.8 Å². The Hall–Kier alpha value is -2.00. The highest BCUT2D eigenvalue weighted by Gasteiger charge is 2.66. The number of carbonyl (C=O) groups is 2. The lowest BCUT2D eigenvalue weighted by atomic mass is 9.53. The zero-order valence-electron chi connectivity index (χ0n) is 30.9. The van der Waals surface area contributed by atoms with Gasteiger partial charge in [0, 0.05) is 42.3 Å². The Morgan fingerprint density at radius 2 is 1.90 bits per heavy atom. The first-order valence-electron chi connectivity index (χ1n) is 20.0. The van der Waals surface area contributed by atoms with E-state index in [1.165, 1.54) is 16.7 Å². The molecule has 0 aromatic heterocycles. The molecule has 5 saturated heterocycles. The van der Waals surface area contributed by atoms with Crippen LogP contribution in [0.15, 0.2) is 34.4 Å². The van der Waals surface area contributed by atoms with Crippen molar-refractivity contribution in [3.63, 3.8) is 0 Å². The Morgan fingerprint density at radius 3 is 2.65 bits per heavy atom. The number of piperidine rings is 2. The summed E-state index contributed by atoms with van der Waals surface area (Å²) in [5.41, 5.74) is 17.1. The Kier molecular flexibility index (Phi) is 10.1. The number of hydrogen-bond acceptors (Lipinski definition) is 12. The topological polar surface area (TPSA) is 199 Å². The molecule has 8 rings (SSSR count). The maximum Gasteiger partial charge on any atom is 0.333 e. The lowest BCUT2D eigenvalue weighted by Gasteiger charge is -2.62. The highest BCUT2D eigenvalue weighted by molar-refractivity contribution is 5.88. The predicted molar refractivity (Wildman–Crippen MR) is 192 cm³/mol. The van der Waals surface area contributed by atoms with Gasteiger partial charge in [-0.25, -0.2) is 4.79 Å². The molecule has 288 valence electrons. The van der Waals surface area contributed by atoms with E-state index >= 15 is 0 Å². The van der Waals surface area contributed by atoms with Crippen LogP contribution in [0, 0.1) is 53.3 Å². The lowest BCUT2D eigenvalue weighted by Crippen LogP contribution is -2.71. The SMILES string of the molecule is CC=C(C)C(=O)OC1CC2C(O)C3C(=O)CC(CO)OC3C3C(CCO)C4CCNC(N)C4C4=CCC5=C4C(CC4CNC(N)CC4C5)C1(C)OC23. The van der Waals surface area contributed by atoms with Crippen molar-refractivity contribution in [2.45, 2.75) is 121 Å². The number of hydrogen-bond donors (Lipinski definition) is 7. The fraction of sp³-hybridized carbons (Fsp3) is 0.800. The molecule has 0 aromatic carbocycles. The van der Waals surface area contributed by atoms with Gasteiger partial charge in [-0.05, 0) is 114 Å². The molecule has 12 heteroatoms. The van der Waals surface area contributed by atoms with Crippen LogP contribution in [0.3, 0.4) is 0 Å². The average Bonchev–Trinajstić information content (AvgIpc) is 3.44. The Labute approximate surface area is 307 Å². The molecule has 17 atom stereocenters. The van der Waals surface area contributed by atoms with E-state index in [1.807, 2.05) is 6.92 Å². The number of aliphatic hydroxyl groups excluding tert-OH is 3. The summed E-state index contributed by atoms with van der Waals surface area (Å²) in [6, 6.07) is 0. The number of nitrogens with two attached hydrogens (primary N) is 2. The summed E-state index contributed by atoms with van der Waals surface area (Å²) in [5.74, 6) is -1.89. The van der Waals surface area contributed by atoms with Gasteiger partial charge in [0.2, 0.25) is 0 Å². The molecule has 52 heavy (non-hydrogen) atoms. The third kappa shape index (κ3) is 5.91. The quantitative estimate of drug-likeness (QED) is 0.159. The third-order valence-electron chi connectivity index (χ3n) is 15.0. The Morgan fingerprint density at radius 1 is 1.10 bits per heavy atom. The molecule has 17 unspecified atom stereocenters. The van der Waals surface area contributed by atoms with Crippen molar-refractivity contribution in [3.8, 4) is 0 Å². The molecule has 0 aromatic rings. The maximum atomic E-state index is 14.0. The molecule has 5 heterocycles. The molecule has 6 fully saturated rings. The number of esters is 1. The zero-order valence-corrected chi connectivity index (χ0v) is 30.9. The van der Waals surface area contributed by atoms with E-state index in [0.717, 1.165) is 45.2 Å². The van der Waals surface area contributed by atoms with Crippen molar-refractivity contribution in [2.24, 2.45) is 64.7 Å². The van der Waals surface area contributed by atoms with Gasteiger partial charge >= 0.3 is 5.97 Å². The summed E-state index contributed by atoms with van der Waals surface area (Å²) < 4.78 is 20.9. The van der Waals surface area contributed by atoms with E-state index in [4.69, 9.17) is 25.7 Å². The van der Waals surface area contributed by atoms with Crippen LogP contribution in [0.25, 0.3) is 0 Å². The van der Waals surface area contributed by atoms with Gasteiger partial charge in [-0.15, -0.1) is 0 Å². The molecule has 0 spiro atoms. The van der Waals surface area contributed by atoms with Gasteiger partial charge in [-0.3, -0.25) is 4.79 Å². The highest BCUT2D eigenvalue weighted by atomic mass is 16.6. The summed E-state index contributed by atoms with van der Waals surface area (Å²) in [4.78, 5) is 27.7. The highest BCUT2D eigenvalue weighted by Crippen LogP contribution is 2.61. The van der Waals surface area contributed by atoms with Crippen LogP contribution < -0.4 is 22.1 Å². The van der Waals surface area contributed by atoms with Crippen LogP contribution in [-0.4, -0.2) is 102 Å². The van der Waals surface area contributed by atoms with E-state index < -0.39 is 53.9 Å². The molecule has 3 aliphatic carbocycles. The van der Waals surface area contributed by atoms with E-state index in [-0.39, 0.29) is 67.3 Å². The van der Waals surface area contributed by atoms with Crippen molar-refractivity contribution in [1.82, 2.24) is 10.6 Å². The second-order valence-corrected chi connectivity index (χ2v) is 17.5. The standard InChI is InChI=1S/C40H60N4O8/c1-4-18(2)39(49)51-29-15-26-35(48)34-28(47)14-22(17-46)50-37(34)33-24(8-10-45)23-7-9-43-38(42)32(23)25-6-5-19-11-20-13-30(41)44-16-21(20)12-27(31(19)25)40(29,3)52-36(26)33/h4,6,20-24,26-27,29-30,32-38,43-46,48H,5,7-17,41-42H2,1-3H3. The van der Waals surface area contributed by atoms with E-state index in [1.54, 1.807) is 13.0 Å². The lowest BCUT2D eigenvalue weighted by molar-refractivity contribution is -0.301. The summed E-state index contributed by atoms with van der Waals surface area (Å²) in [7, 11) is 0. The molecule has 12 nitrogen and oxygen atoms in total. The summed E-state index contributed by atoms with van der Waals surface area (Å²) in [5, 5.41) is 40.4. The van der Waals surface area contributed by atoms with Crippen LogP contribution >= 0.6 is 0 Å². The smallest absolute Gasteiger partial charge is 0.333 e. The molecule has 1 saturated carbocycles. The zero-order chi connectivity index (χ0) is 36.6. The minimum atomic E-state index is -1.09. The van der Waals surface area contributed by atoms with Crippen molar-refractivity contribution in [2.75, 3.05) is 26.3 Å². The van der Waals surface area contributed by atoms with Crippen LogP contribution in [0.5, 0.6) is 0 Å². The van der Waals surface area contributed by atoms with Crippen molar-refractivity contribution >= 4 is 11.8 Å². The number of nitrogens with one attached hydrogen (secondary N) is 2. The van der Waals surface area contributed by atoms with Crippen LogP contribution in [0.1, 0.15) is 72.1 Å². The van der Waals surface area contributed by atoms with Crippen molar-refractivity contribution in [1.29, 1.82) is 0 Å². The summed E-state index contributed by atoms with van der Waals surface area (Å²) in [6.07, 6.45) is 5.08. The van der Waals surface area contributed by atoms with Gasteiger partial charge in [0.25, 0.3) is 0 Å². The molecule has 0 amide bonds. The van der Waals surface area contributed by atoms with E-state index in [2.05, 4.69) is 23.6 Å². The van der Waals surface area contributed by atoms with Gasteiger partial charge < -0.3 is 51.6 Å². The molecule has 2 bridgehead atoms. The second-order valence-electron chi connectivity index (χ2n) is 17.5. The average molecular weight is 725 g/mol. The minimum Gasteiger partial charge on any atom is -0.456 e. The molecule has 0 radical (unpaired) electrons. The first kappa shape index (κ1) is 36.9. The first-order chi connectivity index (χ1) is 25.0. The van der Waals surface area contributed by atoms with Gasteiger partial charge in [0.1, 0.15) is 17.5 Å². The molecular formula is C40H60N4O8. The summed E-state index contributed by atoms with van der Waals surface area (Å²) >= 11 is 0. The predicted octanol–water partition coefficient (Wildman–Crippen LogP) is 1.42. The molecule has 8 aliphatic rings. The Balaban J connectivity index is 1.34. The fourth-order valence-electron chi connectivity index (χ4n) is 12.4. The fourth-order valence-corrected chi connectivity index (χ4v) is 12.4. The van der Waals surface area contributed by atoms with E-state index in [0.29, 0.717) is 30.3 Å². The maximum absolute atomic E-state index is 14.0. The van der Waals surface area contributed by atoms with Gasteiger partial charge in [0.05, 0.1) is 49.3 Å². The first-order valence-corrected chi connectivity index (χ1v) is 20.0. The molecular weight excluding hydrogens is 664 g/mol. The minimum absolute atomic E-state index is 0.0218. The monoisotopic (exact) mass is 724 g/mol. The number of ether oxygens (including phenoxy) is 3. The largest absolute Gasteiger partial charge is 0.456 e. The van der Waals surface area contributed by atoms with Crippen LogP contribution in [0.2, 0.25) is 0 Å². The Bertz CT molecular complexity index is 1520. The number of aliphatic hydroxyl groups is 3. The molecule has 5 aliphatic heterocycles. The van der Waals surface area contributed by atoms with Crippen molar-refractivity contribution < 1.29 is 39.1 Å². The normalized spacial score (nSPS) is 48.7. The van der Waals surface area contributed by atoms with E-state index in [9.17, 15) is 24.9 Å². The van der Waals surface area contributed by atoms with Gasteiger partial charge in [0.15, 0.2) is 0 Å². The summed E-state index contributed by atoms with van der Waals surface area (Å²) in [6.45, 7) is 6.83. The van der Waals surface area contributed by atoms with Gasteiger partial charge in [-0.1, -0.05) is 17.7 Å². The van der Waals surface area contributed by atoms with Crippen LogP contribution in [0.4, 0.5) is 0 Å². The number of allylic oxidation sites excluding steroid dienone is 3. The number of carbonyl (C=O) groups excluding carboxylic acids is 2.